The molecule has 0 saturated carbocycles. The van der Waals surface area contributed by atoms with Crippen LogP contribution in [-0.2, 0) is 4.74 Å². The number of halogens is 1. The molecular formula is C16H15FN4O3. The van der Waals surface area contributed by atoms with E-state index >= 15 is 0 Å². The summed E-state index contributed by atoms with van der Waals surface area (Å²) < 4.78 is 24.7. The molecular weight excluding hydrogens is 315 g/mol. The van der Waals surface area contributed by atoms with E-state index < -0.39 is 5.82 Å². The summed E-state index contributed by atoms with van der Waals surface area (Å²) in [5, 5.41) is 7.19. The molecule has 0 spiro atoms. The van der Waals surface area contributed by atoms with Crippen molar-refractivity contribution in [3.8, 4) is 0 Å². The van der Waals surface area contributed by atoms with Gasteiger partial charge in [-0.15, -0.1) is 0 Å². The molecule has 1 N–H and O–H groups in total. The number of aromatic amines is 1. The molecule has 4 rings (SSSR count). The second-order valence-electron chi connectivity index (χ2n) is 5.73. The number of furan rings is 1. The number of fused-ring (bicyclic) bond motifs is 1. The first-order valence-electron chi connectivity index (χ1n) is 7.53. The zero-order valence-electron chi connectivity index (χ0n) is 12.9. The van der Waals surface area contributed by atoms with Gasteiger partial charge < -0.3 is 14.1 Å². The topological polar surface area (TPSA) is 84.3 Å². The summed E-state index contributed by atoms with van der Waals surface area (Å²) in [6, 6.07) is 3.86. The van der Waals surface area contributed by atoms with Crippen molar-refractivity contribution in [2.24, 2.45) is 0 Å². The van der Waals surface area contributed by atoms with E-state index in [0.717, 1.165) is 0 Å². The molecule has 124 valence electrons. The van der Waals surface area contributed by atoms with E-state index in [1.807, 2.05) is 0 Å². The van der Waals surface area contributed by atoms with Crippen LogP contribution in [0.1, 0.15) is 28.6 Å². The first-order valence-corrected chi connectivity index (χ1v) is 7.53. The molecule has 1 aliphatic heterocycles. The molecule has 24 heavy (non-hydrogen) atoms. The first-order chi connectivity index (χ1) is 11.7. The smallest absolute Gasteiger partial charge is 0.258 e. The lowest BCUT2D eigenvalue weighted by molar-refractivity contribution is 0.0684. The van der Waals surface area contributed by atoms with E-state index in [1.54, 1.807) is 18.1 Å². The fraction of sp³-hybridized carbons (Fsp3) is 0.312. The van der Waals surface area contributed by atoms with Gasteiger partial charge in [-0.25, -0.2) is 9.37 Å². The quantitative estimate of drug-likeness (QED) is 0.796. The highest BCUT2D eigenvalue weighted by molar-refractivity contribution is 6.05. The maximum atomic E-state index is 13.9. The Hall–Kier alpha value is -2.74. The number of nitrogens with zero attached hydrogens (tertiary/aromatic N) is 3. The van der Waals surface area contributed by atoms with Gasteiger partial charge in [0.1, 0.15) is 23.6 Å². The van der Waals surface area contributed by atoms with Crippen LogP contribution >= 0.6 is 0 Å². The highest BCUT2D eigenvalue weighted by Crippen LogP contribution is 2.34. The monoisotopic (exact) mass is 330 g/mol. The Bertz CT molecular complexity index is 877. The van der Waals surface area contributed by atoms with Crippen molar-refractivity contribution < 1.29 is 18.3 Å². The Balaban J connectivity index is 1.75. The zero-order valence-corrected chi connectivity index (χ0v) is 12.9. The summed E-state index contributed by atoms with van der Waals surface area (Å²) in [6.45, 7) is 0.388. The molecule has 1 fully saturated rings. The van der Waals surface area contributed by atoms with E-state index in [4.69, 9.17) is 9.15 Å². The Labute approximate surface area is 136 Å². The second kappa shape index (κ2) is 5.72. The van der Waals surface area contributed by atoms with Crippen molar-refractivity contribution in [2.75, 3.05) is 13.7 Å². The third-order valence-electron chi connectivity index (χ3n) is 4.35. The number of nitrogens with one attached hydrogen (secondary N) is 1. The zero-order chi connectivity index (χ0) is 16.7. The van der Waals surface area contributed by atoms with Crippen LogP contribution in [-0.4, -0.2) is 45.7 Å². The summed E-state index contributed by atoms with van der Waals surface area (Å²) in [5.41, 5.74) is 0.565. The number of likely N-dealkylation sites (tertiary alicyclic amines) is 1. The molecule has 1 amide bonds. The fourth-order valence-electron chi connectivity index (χ4n) is 3.19. The molecule has 2 aromatic heterocycles. The molecule has 0 radical (unpaired) electrons. The van der Waals surface area contributed by atoms with E-state index in [2.05, 4.69) is 15.2 Å². The Kier molecular flexibility index (Phi) is 3.53. The molecule has 2 atom stereocenters. The van der Waals surface area contributed by atoms with Gasteiger partial charge in [0.25, 0.3) is 5.91 Å². The third-order valence-corrected chi connectivity index (χ3v) is 4.35. The van der Waals surface area contributed by atoms with Crippen molar-refractivity contribution in [1.82, 2.24) is 20.1 Å². The lowest BCUT2D eigenvalue weighted by Gasteiger charge is -2.22. The fourth-order valence-corrected chi connectivity index (χ4v) is 3.19. The molecule has 1 aromatic carbocycles. The lowest BCUT2D eigenvalue weighted by Crippen LogP contribution is -2.32. The minimum atomic E-state index is -0.481. The molecule has 1 saturated heterocycles. The van der Waals surface area contributed by atoms with E-state index in [1.165, 1.54) is 24.7 Å². The summed E-state index contributed by atoms with van der Waals surface area (Å²) in [7, 11) is 1.60. The number of carbonyl (C=O) groups excluding carboxylic acids is 1. The number of ether oxygens (including phenoxy) is 1. The van der Waals surface area contributed by atoms with Crippen LogP contribution in [0, 0.1) is 5.82 Å². The van der Waals surface area contributed by atoms with E-state index in [0.29, 0.717) is 29.8 Å². The molecule has 7 nitrogen and oxygen atoms in total. The number of H-pyrrole nitrogens is 1. The highest BCUT2D eigenvalue weighted by Gasteiger charge is 2.39. The molecule has 8 heteroatoms. The van der Waals surface area contributed by atoms with Crippen LogP contribution in [0.4, 0.5) is 4.39 Å². The number of aromatic nitrogens is 3. The van der Waals surface area contributed by atoms with Crippen molar-refractivity contribution in [3.63, 3.8) is 0 Å². The average molecular weight is 330 g/mol. The van der Waals surface area contributed by atoms with Gasteiger partial charge in [0, 0.05) is 25.5 Å². The molecule has 1 aliphatic rings. The van der Waals surface area contributed by atoms with Gasteiger partial charge in [0.15, 0.2) is 0 Å². The standard InChI is InChI=1S/C16H15FN4O3/c1-23-11-6-13(15-18-8-19-20-15)21(7-11)16(22)12-5-10(17)4-9-2-3-24-14(9)12/h2-5,8,11,13H,6-7H2,1H3,(H,18,19,20)/t11-,13+/m1/s1. The van der Waals surface area contributed by atoms with Crippen LogP contribution < -0.4 is 0 Å². The van der Waals surface area contributed by atoms with E-state index in [-0.39, 0.29) is 23.6 Å². The molecule has 0 bridgehead atoms. The number of rotatable bonds is 3. The van der Waals surface area contributed by atoms with Gasteiger partial charge in [-0.05, 0) is 18.2 Å². The molecule has 0 aliphatic carbocycles. The summed E-state index contributed by atoms with van der Waals surface area (Å²) in [4.78, 5) is 18.8. The minimum Gasteiger partial charge on any atom is -0.464 e. The number of benzene rings is 1. The summed E-state index contributed by atoms with van der Waals surface area (Å²) >= 11 is 0. The third kappa shape index (κ3) is 2.35. The van der Waals surface area contributed by atoms with Crippen molar-refractivity contribution in [3.05, 3.63) is 48.0 Å². The number of methoxy groups -OCH3 is 1. The number of hydrogen-bond acceptors (Lipinski definition) is 5. The Morgan fingerprint density at radius 2 is 2.38 bits per heavy atom. The lowest BCUT2D eigenvalue weighted by atomic mass is 10.1. The highest BCUT2D eigenvalue weighted by atomic mass is 19.1. The maximum Gasteiger partial charge on any atom is 0.258 e. The summed E-state index contributed by atoms with van der Waals surface area (Å²) in [5.74, 6) is -0.226. The van der Waals surface area contributed by atoms with Gasteiger partial charge in [-0.3, -0.25) is 9.89 Å². The van der Waals surface area contributed by atoms with E-state index in [9.17, 15) is 9.18 Å². The van der Waals surface area contributed by atoms with Gasteiger partial charge >= 0.3 is 0 Å². The van der Waals surface area contributed by atoms with Crippen molar-refractivity contribution >= 4 is 16.9 Å². The summed E-state index contributed by atoms with van der Waals surface area (Å²) in [6.07, 6.45) is 3.31. The largest absolute Gasteiger partial charge is 0.464 e. The van der Waals surface area contributed by atoms with Crippen LogP contribution in [0.5, 0.6) is 0 Å². The Morgan fingerprint density at radius 3 is 3.12 bits per heavy atom. The van der Waals surface area contributed by atoms with Crippen molar-refractivity contribution in [2.45, 2.75) is 18.6 Å². The SMILES string of the molecule is CO[C@@H]1C[C@@H](c2ncn[nH]2)N(C(=O)c2cc(F)cc3ccoc23)C1. The average Bonchev–Trinajstić information content (AvgIpc) is 3.31. The Morgan fingerprint density at radius 1 is 1.50 bits per heavy atom. The number of hydrogen-bond donors (Lipinski definition) is 1. The molecule has 3 aromatic rings. The van der Waals surface area contributed by atoms with Gasteiger partial charge in [0.05, 0.1) is 24.0 Å². The van der Waals surface area contributed by atoms with Crippen LogP contribution in [0.2, 0.25) is 0 Å². The molecule has 0 unspecified atom stereocenters. The van der Waals surface area contributed by atoms with Gasteiger partial charge in [-0.2, -0.15) is 5.10 Å². The number of amides is 1. The maximum absolute atomic E-state index is 13.9. The predicted octanol–water partition coefficient (Wildman–Crippen LogP) is 2.29. The normalized spacial score (nSPS) is 20.8. The van der Waals surface area contributed by atoms with Crippen LogP contribution in [0.25, 0.3) is 11.0 Å². The number of carbonyl (C=O) groups is 1. The minimum absolute atomic E-state index is 0.121. The van der Waals surface area contributed by atoms with Crippen molar-refractivity contribution in [1.29, 1.82) is 0 Å². The van der Waals surface area contributed by atoms with Gasteiger partial charge in [-0.1, -0.05) is 0 Å². The molecule has 3 heterocycles. The predicted molar refractivity (Wildman–Crippen MR) is 81.7 cm³/mol. The van der Waals surface area contributed by atoms with Crippen LogP contribution in [0.15, 0.2) is 35.2 Å². The first kappa shape index (κ1) is 14.8. The van der Waals surface area contributed by atoms with Crippen LogP contribution in [0.3, 0.4) is 0 Å². The van der Waals surface area contributed by atoms with Gasteiger partial charge in [0.2, 0.25) is 0 Å². The second-order valence-corrected chi connectivity index (χ2v) is 5.73.